The molecule has 9 nitrogen and oxygen atoms in total. The maximum Gasteiger partial charge on any atom is 0.243 e. The van der Waals surface area contributed by atoms with Crippen molar-refractivity contribution in [2.45, 2.75) is 109 Å². The normalized spacial score (nSPS) is 18.6. The molecular weight excluding hydrogens is 580 g/mol. The highest BCUT2D eigenvalue weighted by atomic mass is 16.5. The molecule has 4 amide bonds. The van der Waals surface area contributed by atoms with Crippen LogP contribution in [0.15, 0.2) is 66.7 Å². The Kier molecular flexibility index (Phi) is 16.4. The SMILES string of the molecule is CCCCCCCCCC(=O)N[C@@H](Cc1ccccc1)C(=O)N[C@H]1CCCCNC(=O)/C=C/[C@H](Cc2ccc(OC)cc2)NC1=O. The maximum absolute atomic E-state index is 13.7. The molecule has 9 heteroatoms. The third kappa shape index (κ3) is 13.9. The van der Waals surface area contributed by atoms with Crippen molar-refractivity contribution in [1.29, 1.82) is 0 Å². The molecule has 250 valence electrons. The topological polar surface area (TPSA) is 126 Å². The van der Waals surface area contributed by atoms with Crippen molar-refractivity contribution in [2.24, 2.45) is 0 Å². The first-order chi connectivity index (χ1) is 22.4. The molecule has 0 aromatic heterocycles. The summed E-state index contributed by atoms with van der Waals surface area (Å²) in [4.78, 5) is 52.6. The minimum absolute atomic E-state index is 0.159. The number of amides is 4. The average molecular weight is 633 g/mol. The fraction of sp³-hybridized carbons (Fsp3) is 0.514. The van der Waals surface area contributed by atoms with E-state index in [2.05, 4.69) is 28.2 Å². The quantitative estimate of drug-likeness (QED) is 0.195. The molecule has 0 saturated carbocycles. The van der Waals surface area contributed by atoms with Gasteiger partial charge in [-0.2, -0.15) is 0 Å². The molecule has 0 fully saturated rings. The molecule has 1 aliphatic rings. The molecule has 0 spiro atoms. The lowest BCUT2D eigenvalue weighted by atomic mass is 10.0. The number of methoxy groups -OCH3 is 1. The summed E-state index contributed by atoms with van der Waals surface area (Å²) in [6.45, 7) is 2.67. The van der Waals surface area contributed by atoms with Gasteiger partial charge in [-0.25, -0.2) is 0 Å². The van der Waals surface area contributed by atoms with Gasteiger partial charge in [-0.3, -0.25) is 19.2 Å². The van der Waals surface area contributed by atoms with Gasteiger partial charge in [0.05, 0.1) is 13.2 Å². The summed E-state index contributed by atoms with van der Waals surface area (Å²) >= 11 is 0. The van der Waals surface area contributed by atoms with Gasteiger partial charge >= 0.3 is 0 Å². The molecule has 0 unspecified atom stereocenters. The van der Waals surface area contributed by atoms with Crippen molar-refractivity contribution in [3.63, 3.8) is 0 Å². The van der Waals surface area contributed by atoms with Gasteiger partial charge in [-0.15, -0.1) is 0 Å². The predicted molar refractivity (Wildman–Crippen MR) is 181 cm³/mol. The van der Waals surface area contributed by atoms with Gasteiger partial charge in [-0.05, 0) is 55.4 Å². The summed E-state index contributed by atoms with van der Waals surface area (Å²) < 4.78 is 5.25. The van der Waals surface area contributed by atoms with Gasteiger partial charge in [0, 0.05) is 25.5 Å². The fourth-order valence-corrected chi connectivity index (χ4v) is 5.52. The molecule has 0 aliphatic carbocycles. The molecule has 3 atom stereocenters. The third-order valence-corrected chi connectivity index (χ3v) is 8.22. The van der Waals surface area contributed by atoms with Crippen LogP contribution in [0.1, 0.15) is 88.7 Å². The summed E-state index contributed by atoms with van der Waals surface area (Å²) in [6.07, 6.45) is 13.7. The van der Waals surface area contributed by atoms with Gasteiger partial charge < -0.3 is 26.0 Å². The Morgan fingerprint density at radius 1 is 0.913 bits per heavy atom. The van der Waals surface area contributed by atoms with Crippen LogP contribution in [0.25, 0.3) is 0 Å². The molecule has 1 aliphatic heterocycles. The molecule has 2 aromatic carbocycles. The Morgan fingerprint density at radius 3 is 2.35 bits per heavy atom. The summed E-state index contributed by atoms with van der Waals surface area (Å²) in [5, 5.41) is 11.8. The Balaban J connectivity index is 1.69. The second kappa shape index (κ2) is 20.8. The van der Waals surface area contributed by atoms with E-state index in [-0.39, 0.29) is 23.6 Å². The number of carbonyl (C=O) groups excluding carboxylic acids is 4. The molecule has 0 bridgehead atoms. The fourth-order valence-electron chi connectivity index (χ4n) is 5.52. The van der Waals surface area contributed by atoms with Crippen molar-refractivity contribution in [2.75, 3.05) is 13.7 Å². The summed E-state index contributed by atoms with van der Waals surface area (Å²) in [5.41, 5.74) is 1.87. The molecule has 1 heterocycles. The van der Waals surface area contributed by atoms with Crippen molar-refractivity contribution < 1.29 is 23.9 Å². The van der Waals surface area contributed by atoms with E-state index < -0.39 is 18.1 Å². The van der Waals surface area contributed by atoms with Crippen LogP contribution < -0.4 is 26.0 Å². The minimum Gasteiger partial charge on any atom is -0.497 e. The second-order valence-electron chi connectivity index (χ2n) is 12.1. The summed E-state index contributed by atoms with van der Waals surface area (Å²) in [7, 11) is 1.60. The zero-order valence-electron chi connectivity index (χ0n) is 27.5. The molecule has 46 heavy (non-hydrogen) atoms. The lowest BCUT2D eigenvalue weighted by Crippen LogP contribution is -2.55. The van der Waals surface area contributed by atoms with Gasteiger partial charge in [0.15, 0.2) is 0 Å². The van der Waals surface area contributed by atoms with E-state index in [1.807, 2.05) is 54.6 Å². The van der Waals surface area contributed by atoms with Gasteiger partial charge in [-0.1, -0.05) is 94.0 Å². The Bertz CT molecular complexity index is 1250. The number of hydrogen-bond acceptors (Lipinski definition) is 5. The standard InChI is InChI=1S/C37H52N4O5/c1-3-4-5-6-7-8-12-18-35(43)40-33(27-28-15-10-9-11-16-28)37(45)41-32-17-13-14-25-38-34(42)24-21-30(39-36(32)44)26-29-19-22-31(46-2)23-20-29/h9-11,15-16,19-24,30,32-33H,3-8,12-14,17-18,25-27H2,1-2H3,(H,38,42)(H,39,44)(H,40,43)(H,41,45)/b24-21+/t30-,32+,33+/m1/s1. The van der Waals surface area contributed by atoms with Crippen LogP contribution in [0.3, 0.4) is 0 Å². The molecule has 0 saturated heterocycles. The number of nitrogens with one attached hydrogen (secondary N) is 4. The van der Waals surface area contributed by atoms with Crippen LogP contribution in [0.5, 0.6) is 5.75 Å². The van der Waals surface area contributed by atoms with E-state index in [4.69, 9.17) is 4.74 Å². The van der Waals surface area contributed by atoms with Gasteiger partial charge in [0.25, 0.3) is 0 Å². The van der Waals surface area contributed by atoms with Crippen molar-refractivity contribution in [1.82, 2.24) is 21.3 Å². The van der Waals surface area contributed by atoms with Crippen LogP contribution in [-0.4, -0.2) is 55.4 Å². The number of hydrogen-bond donors (Lipinski definition) is 4. The number of carbonyl (C=O) groups is 4. The first-order valence-corrected chi connectivity index (χ1v) is 16.9. The van der Waals surface area contributed by atoms with Crippen LogP contribution in [0.2, 0.25) is 0 Å². The highest BCUT2D eigenvalue weighted by Gasteiger charge is 2.28. The molecule has 3 rings (SSSR count). The van der Waals surface area contributed by atoms with E-state index in [9.17, 15) is 19.2 Å². The smallest absolute Gasteiger partial charge is 0.243 e. The number of benzene rings is 2. The molecular formula is C37H52N4O5. The number of unbranched alkanes of at least 4 members (excludes halogenated alkanes) is 6. The van der Waals surface area contributed by atoms with Crippen molar-refractivity contribution in [3.05, 3.63) is 77.9 Å². The van der Waals surface area contributed by atoms with Gasteiger partial charge in [0.1, 0.15) is 17.8 Å². The van der Waals surface area contributed by atoms with Crippen LogP contribution >= 0.6 is 0 Å². The first-order valence-electron chi connectivity index (χ1n) is 16.9. The summed E-state index contributed by atoms with van der Waals surface area (Å²) in [6, 6.07) is 15.0. The van der Waals surface area contributed by atoms with Crippen LogP contribution in [0, 0.1) is 0 Å². The Labute approximate surface area is 274 Å². The van der Waals surface area contributed by atoms with Crippen LogP contribution in [-0.2, 0) is 32.0 Å². The largest absolute Gasteiger partial charge is 0.497 e. The highest BCUT2D eigenvalue weighted by Crippen LogP contribution is 2.14. The third-order valence-electron chi connectivity index (χ3n) is 8.22. The first kappa shape index (κ1) is 36.3. The predicted octanol–water partition coefficient (Wildman–Crippen LogP) is 4.93. The van der Waals surface area contributed by atoms with E-state index in [0.717, 1.165) is 36.1 Å². The monoisotopic (exact) mass is 632 g/mol. The lowest BCUT2D eigenvalue weighted by molar-refractivity contribution is -0.132. The zero-order chi connectivity index (χ0) is 33.0. The highest BCUT2D eigenvalue weighted by molar-refractivity contribution is 5.92. The Hall–Kier alpha value is -4.14. The van der Waals surface area contributed by atoms with Crippen molar-refractivity contribution in [3.8, 4) is 5.75 Å². The van der Waals surface area contributed by atoms with Crippen molar-refractivity contribution >= 4 is 23.6 Å². The van der Waals surface area contributed by atoms with E-state index in [1.165, 1.54) is 31.8 Å². The van der Waals surface area contributed by atoms with Crippen LogP contribution in [0.4, 0.5) is 0 Å². The van der Waals surface area contributed by atoms with E-state index >= 15 is 0 Å². The number of rotatable bonds is 16. The molecule has 0 radical (unpaired) electrons. The zero-order valence-corrected chi connectivity index (χ0v) is 27.5. The Morgan fingerprint density at radius 2 is 1.63 bits per heavy atom. The van der Waals surface area contributed by atoms with E-state index in [1.54, 1.807) is 13.2 Å². The molecule has 4 N–H and O–H groups in total. The average Bonchev–Trinajstić information content (AvgIpc) is 3.06. The lowest BCUT2D eigenvalue weighted by Gasteiger charge is -2.25. The summed E-state index contributed by atoms with van der Waals surface area (Å²) in [5.74, 6) is -0.364. The second-order valence-corrected chi connectivity index (χ2v) is 12.1. The maximum atomic E-state index is 13.7. The van der Waals surface area contributed by atoms with Gasteiger partial charge in [0.2, 0.25) is 23.6 Å². The van der Waals surface area contributed by atoms with E-state index in [0.29, 0.717) is 45.1 Å². The molecule has 2 aromatic rings. The minimum atomic E-state index is -0.817. The number of ether oxygens (including phenoxy) is 1.